The fourth-order valence-corrected chi connectivity index (χ4v) is 7.14. The van der Waals surface area contributed by atoms with E-state index in [0.29, 0.717) is 30.2 Å². The molecule has 5 rings (SSSR count). The number of benzene rings is 2. The van der Waals surface area contributed by atoms with Crippen molar-refractivity contribution in [1.29, 1.82) is 0 Å². The number of hydrogen-bond donors (Lipinski definition) is 2. The molecule has 200 valence electrons. The van der Waals surface area contributed by atoms with Crippen LogP contribution in [0.2, 0.25) is 0 Å². The van der Waals surface area contributed by atoms with Crippen LogP contribution >= 0.6 is 0 Å². The van der Waals surface area contributed by atoms with Gasteiger partial charge in [-0.3, -0.25) is 9.78 Å². The standard InChI is InChI=1S/C29H33N3O5S/c1-19(20-8-4-2-5-9-20)30-28(33)21-14-16-32(17-15-21)38(36,37)22-12-13-26-24(18-22)27(29(34)35)23-10-6-3-7-11-25(23)31-26/h2,4-5,8-9,12-13,18-19,21H,3,6-7,10-11,14-17H2,1H3,(H,30,33)(H,34,35)/t19-/m1/s1. The quantitative estimate of drug-likeness (QED) is 0.450. The van der Waals surface area contributed by atoms with E-state index in [9.17, 15) is 23.1 Å². The van der Waals surface area contributed by atoms with E-state index in [-0.39, 0.29) is 41.4 Å². The first-order valence-corrected chi connectivity index (χ1v) is 14.7. The van der Waals surface area contributed by atoms with Gasteiger partial charge in [-0.2, -0.15) is 4.31 Å². The molecule has 2 aliphatic rings. The van der Waals surface area contributed by atoms with Crippen LogP contribution < -0.4 is 5.32 Å². The van der Waals surface area contributed by atoms with Crippen molar-refractivity contribution < 1.29 is 23.1 Å². The Balaban J connectivity index is 1.34. The van der Waals surface area contributed by atoms with E-state index in [1.54, 1.807) is 6.07 Å². The van der Waals surface area contributed by atoms with Crippen LogP contribution in [0.3, 0.4) is 0 Å². The van der Waals surface area contributed by atoms with Gasteiger partial charge in [-0.25, -0.2) is 13.2 Å². The Bertz CT molecular complexity index is 1460. The van der Waals surface area contributed by atoms with Gasteiger partial charge in [0, 0.05) is 30.1 Å². The summed E-state index contributed by atoms with van der Waals surface area (Å²) in [7, 11) is -3.86. The molecule has 1 aliphatic heterocycles. The van der Waals surface area contributed by atoms with Crippen molar-refractivity contribution in [2.45, 2.75) is 62.8 Å². The number of carbonyl (C=O) groups is 2. The molecular formula is C29H33N3O5S. The number of sulfonamides is 1. The first-order chi connectivity index (χ1) is 18.3. The first-order valence-electron chi connectivity index (χ1n) is 13.3. The predicted octanol–water partition coefficient (Wildman–Crippen LogP) is 4.48. The largest absolute Gasteiger partial charge is 0.478 e. The Kier molecular flexibility index (Phi) is 7.49. The lowest BCUT2D eigenvalue weighted by atomic mass is 9.96. The second kappa shape index (κ2) is 10.8. The lowest BCUT2D eigenvalue weighted by Crippen LogP contribution is -2.43. The zero-order valence-electron chi connectivity index (χ0n) is 21.5. The second-order valence-corrected chi connectivity index (χ2v) is 12.2. The molecule has 0 unspecified atom stereocenters. The summed E-state index contributed by atoms with van der Waals surface area (Å²) in [5, 5.41) is 13.5. The molecule has 8 nitrogen and oxygen atoms in total. The van der Waals surface area contributed by atoms with Crippen LogP contribution in [-0.4, -0.2) is 47.8 Å². The highest BCUT2D eigenvalue weighted by Gasteiger charge is 2.33. The fraction of sp³-hybridized carbons (Fsp3) is 0.414. The highest BCUT2D eigenvalue weighted by atomic mass is 32.2. The maximum atomic E-state index is 13.6. The van der Waals surface area contributed by atoms with E-state index in [0.717, 1.165) is 42.5 Å². The summed E-state index contributed by atoms with van der Waals surface area (Å²) in [6.07, 6.45) is 5.10. The minimum atomic E-state index is -3.86. The van der Waals surface area contributed by atoms with E-state index < -0.39 is 16.0 Å². The molecule has 2 aromatic carbocycles. The number of nitrogens with zero attached hydrogens (tertiary/aromatic N) is 2. The number of aryl methyl sites for hydroxylation is 1. The average molecular weight is 536 g/mol. The molecule has 1 fully saturated rings. The minimum absolute atomic E-state index is 0.0588. The van der Waals surface area contributed by atoms with Crippen molar-refractivity contribution in [2.24, 2.45) is 5.92 Å². The Hall–Kier alpha value is -3.30. The van der Waals surface area contributed by atoms with Crippen molar-refractivity contribution in [3.05, 3.63) is 70.9 Å². The average Bonchev–Trinajstić information content (AvgIpc) is 3.16. The number of carboxylic acids is 1. The molecule has 1 atom stereocenters. The molecule has 0 bridgehead atoms. The lowest BCUT2D eigenvalue weighted by molar-refractivity contribution is -0.126. The molecule has 1 amide bonds. The summed E-state index contributed by atoms with van der Waals surface area (Å²) >= 11 is 0. The maximum Gasteiger partial charge on any atom is 0.336 e. The molecule has 0 saturated carbocycles. The lowest BCUT2D eigenvalue weighted by Gasteiger charge is -2.31. The number of hydrogen-bond acceptors (Lipinski definition) is 5. The number of carboxylic acid groups (broad SMARTS) is 1. The topological polar surface area (TPSA) is 117 Å². The molecular weight excluding hydrogens is 502 g/mol. The zero-order chi connectivity index (χ0) is 26.9. The van der Waals surface area contributed by atoms with Crippen molar-refractivity contribution in [1.82, 2.24) is 14.6 Å². The summed E-state index contributed by atoms with van der Waals surface area (Å²) < 4.78 is 28.5. The molecule has 2 N–H and O–H groups in total. The van der Waals surface area contributed by atoms with Crippen LogP contribution in [0.1, 0.15) is 72.2 Å². The molecule has 3 aromatic rings. The second-order valence-electron chi connectivity index (χ2n) is 10.3. The molecule has 1 saturated heterocycles. The van der Waals surface area contributed by atoms with Crippen molar-refractivity contribution >= 4 is 32.8 Å². The van der Waals surface area contributed by atoms with Gasteiger partial charge in [-0.05, 0) is 74.8 Å². The molecule has 0 radical (unpaired) electrons. The van der Waals surface area contributed by atoms with Crippen molar-refractivity contribution in [3.8, 4) is 0 Å². The number of amides is 1. The van der Waals surface area contributed by atoms with E-state index >= 15 is 0 Å². The summed E-state index contributed by atoms with van der Waals surface area (Å²) in [5.74, 6) is -1.38. The van der Waals surface area contributed by atoms with Gasteiger partial charge in [0.05, 0.1) is 22.0 Å². The zero-order valence-corrected chi connectivity index (χ0v) is 22.3. The third-order valence-electron chi connectivity index (χ3n) is 7.82. The van der Waals surface area contributed by atoms with Gasteiger partial charge in [0.1, 0.15) is 0 Å². The Morgan fingerprint density at radius 3 is 2.45 bits per heavy atom. The SMILES string of the molecule is C[C@@H](NC(=O)C1CCN(S(=O)(=O)c2ccc3nc4c(c(C(=O)O)c3c2)CCCCC4)CC1)c1ccccc1. The number of nitrogens with one attached hydrogen (secondary N) is 1. The maximum absolute atomic E-state index is 13.6. The molecule has 0 spiro atoms. The van der Waals surface area contributed by atoms with E-state index in [2.05, 4.69) is 5.32 Å². The summed E-state index contributed by atoms with van der Waals surface area (Å²) in [4.78, 5) is 29.9. The third kappa shape index (κ3) is 5.17. The molecule has 1 aliphatic carbocycles. The Labute approximate surface area is 223 Å². The van der Waals surface area contributed by atoms with Crippen LogP contribution in [0.25, 0.3) is 10.9 Å². The van der Waals surface area contributed by atoms with Crippen LogP contribution in [0.4, 0.5) is 0 Å². The van der Waals surface area contributed by atoms with Gasteiger partial charge in [0.25, 0.3) is 0 Å². The van der Waals surface area contributed by atoms with Crippen molar-refractivity contribution in [3.63, 3.8) is 0 Å². The first kappa shape index (κ1) is 26.3. The van der Waals surface area contributed by atoms with E-state index in [1.807, 2.05) is 37.3 Å². The van der Waals surface area contributed by atoms with E-state index in [1.165, 1.54) is 16.4 Å². The normalized spacial score (nSPS) is 17.9. The van der Waals surface area contributed by atoms with Crippen LogP contribution in [-0.2, 0) is 27.7 Å². The van der Waals surface area contributed by atoms with Crippen LogP contribution in [0.5, 0.6) is 0 Å². The number of rotatable bonds is 6. The predicted molar refractivity (Wildman–Crippen MR) is 144 cm³/mol. The summed E-state index contributed by atoms with van der Waals surface area (Å²) in [5.41, 5.74) is 3.24. The third-order valence-corrected chi connectivity index (χ3v) is 9.71. The molecule has 9 heteroatoms. The number of aromatic nitrogens is 1. The van der Waals surface area contributed by atoms with Gasteiger partial charge in [0.15, 0.2) is 0 Å². The van der Waals surface area contributed by atoms with Gasteiger partial charge in [-0.15, -0.1) is 0 Å². The molecule has 38 heavy (non-hydrogen) atoms. The van der Waals surface area contributed by atoms with Gasteiger partial charge in [0.2, 0.25) is 15.9 Å². The minimum Gasteiger partial charge on any atom is -0.478 e. The molecule has 2 heterocycles. The van der Waals surface area contributed by atoms with E-state index in [4.69, 9.17) is 4.98 Å². The number of carbonyl (C=O) groups excluding carboxylic acids is 1. The van der Waals surface area contributed by atoms with Gasteiger partial charge < -0.3 is 10.4 Å². The van der Waals surface area contributed by atoms with Gasteiger partial charge in [-0.1, -0.05) is 36.8 Å². The number of piperidine rings is 1. The van der Waals surface area contributed by atoms with Crippen LogP contribution in [0, 0.1) is 5.92 Å². The van der Waals surface area contributed by atoms with Crippen LogP contribution in [0.15, 0.2) is 53.4 Å². The van der Waals surface area contributed by atoms with Gasteiger partial charge >= 0.3 is 5.97 Å². The summed E-state index contributed by atoms with van der Waals surface area (Å²) in [6, 6.07) is 14.2. The van der Waals surface area contributed by atoms with Crippen molar-refractivity contribution in [2.75, 3.05) is 13.1 Å². The smallest absolute Gasteiger partial charge is 0.336 e. The number of aromatic carboxylic acids is 1. The fourth-order valence-electron chi connectivity index (χ4n) is 5.65. The summed E-state index contributed by atoms with van der Waals surface area (Å²) in [6.45, 7) is 2.39. The number of pyridine rings is 1. The molecule has 1 aromatic heterocycles. The number of fused-ring (bicyclic) bond motifs is 2. The highest BCUT2D eigenvalue weighted by molar-refractivity contribution is 7.89. The Morgan fingerprint density at radius 2 is 1.74 bits per heavy atom. The Morgan fingerprint density at radius 1 is 1.03 bits per heavy atom. The monoisotopic (exact) mass is 535 g/mol. The highest BCUT2D eigenvalue weighted by Crippen LogP contribution is 2.32.